The van der Waals surface area contributed by atoms with Crippen LogP contribution in [0.15, 0.2) is 54.9 Å². The number of rotatable bonds is 5. The van der Waals surface area contributed by atoms with Gasteiger partial charge in [-0.05, 0) is 43.0 Å². The fraction of sp³-hybridized carbons (Fsp3) is 0.364. The summed E-state index contributed by atoms with van der Waals surface area (Å²) in [5, 5.41) is 1.22. The third-order valence-electron chi connectivity index (χ3n) is 5.66. The fourth-order valence-electron chi connectivity index (χ4n) is 3.99. The van der Waals surface area contributed by atoms with Crippen molar-refractivity contribution in [2.45, 2.75) is 31.7 Å². The largest absolute Gasteiger partial charge is 0.361 e. The van der Waals surface area contributed by atoms with Crippen LogP contribution in [-0.4, -0.2) is 47.0 Å². The quantitative estimate of drug-likeness (QED) is 0.754. The highest BCUT2D eigenvalue weighted by molar-refractivity contribution is 5.84. The average Bonchev–Trinajstić information content (AvgIpc) is 3.15. The molecule has 1 N–H and O–H groups in total. The molecule has 0 unspecified atom stereocenters. The van der Waals surface area contributed by atoms with E-state index in [1.165, 1.54) is 10.9 Å². The summed E-state index contributed by atoms with van der Waals surface area (Å²) in [6.45, 7) is 1.66. The van der Waals surface area contributed by atoms with Gasteiger partial charge in [0.15, 0.2) is 0 Å². The van der Waals surface area contributed by atoms with Gasteiger partial charge in [0.1, 0.15) is 5.82 Å². The van der Waals surface area contributed by atoms with Crippen LogP contribution in [0.25, 0.3) is 10.9 Å². The number of piperidine rings is 1. The van der Waals surface area contributed by atoms with Gasteiger partial charge in [0.25, 0.3) is 0 Å². The second kappa shape index (κ2) is 7.82. The summed E-state index contributed by atoms with van der Waals surface area (Å²) in [6, 6.07) is 14.7. The molecule has 2 aromatic heterocycles. The Hall–Kier alpha value is -2.82. The lowest BCUT2D eigenvalue weighted by Crippen LogP contribution is -2.45. The second-order valence-electron chi connectivity index (χ2n) is 7.27. The number of carbonyl (C=O) groups excluding carboxylic acids is 1. The number of H-pyrrole nitrogens is 1. The molecule has 27 heavy (non-hydrogen) atoms. The van der Waals surface area contributed by atoms with E-state index in [-0.39, 0.29) is 5.91 Å². The second-order valence-corrected chi connectivity index (χ2v) is 7.27. The maximum Gasteiger partial charge on any atom is 0.222 e. The summed E-state index contributed by atoms with van der Waals surface area (Å²) >= 11 is 0. The number of nitrogens with one attached hydrogen (secondary N) is 1. The first-order valence-corrected chi connectivity index (χ1v) is 9.69. The number of carbonyl (C=O) groups is 1. The number of aryl methyl sites for hydroxylation is 1. The van der Waals surface area contributed by atoms with Gasteiger partial charge in [-0.2, -0.15) is 0 Å². The Bertz CT molecular complexity index is 897. The van der Waals surface area contributed by atoms with E-state index in [4.69, 9.17) is 0 Å². The maximum atomic E-state index is 12.7. The van der Waals surface area contributed by atoms with Crippen LogP contribution in [0.4, 0.5) is 5.82 Å². The van der Waals surface area contributed by atoms with Crippen LogP contribution < -0.4 is 4.90 Å². The van der Waals surface area contributed by atoms with Gasteiger partial charge in [-0.25, -0.2) is 4.98 Å². The van der Waals surface area contributed by atoms with Gasteiger partial charge >= 0.3 is 0 Å². The van der Waals surface area contributed by atoms with Crippen molar-refractivity contribution < 1.29 is 4.79 Å². The Kier molecular flexibility index (Phi) is 5.10. The highest BCUT2D eigenvalue weighted by atomic mass is 16.2. The molecule has 1 aromatic carbocycles. The maximum absolute atomic E-state index is 12.7. The van der Waals surface area contributed by atoms with E-state index in [0.29, 0.717) is 12.5 Å². The summed E-state index contributed by atoms with van der Waals surface area (Å²) in [4.78, 5) is 24.7. The summed E-state index contributed by atoms with van der Waals surface area (Å²) in [5.41, 5.74) is 2.36. The molecule has 0 bridgehead atoms. The van der Waals surface area contributed by atoms with Crippen LogP contribution in [0.3, 0.4) is 0 Å². The Labute approximate surface area is 160 Å². The van der Waals surface area contributed by atoms with Crippen LogP contribution in [0.5, 0.6) is 0 Å². The van der Waals surface area contributed by atoms with Crippen LogP contribution in [-0.2, 0) is 11.2 Å². The van der Waals surface area contributed by atoms with Crippen molar-refractivity contribution in [3.05, 3.63) is 60.4 Å². The molecule has 3 aromatic rings. The predicted molar refractivity (Wildman–Crippen MR) is 109 cm³/mol. The Balaban J connectivity index is 1.30. The van der Waals surface area contributed by atoms with Crippen LogP contribution >= 0.6 is 0 Å². The molecule has 5 nitrogen and oxygen atoms in total. The number of benzene rings is 1. The summed E-state index contributed by atoms with van der Waals surface area (Å²) in [5.74, 6) is 1.26. The van der Waals surface area contributed by atoms with E-state index in [2.05, 4.69) is 34.0 Å². The lowest BCUT2D eigenvalue weighted by atomic mass is 10.0. The number of anilines is 1. The Morgan fingerprint density at radius 3 is 2.74 bits per heavy atom. The van der Waals surface area contributed by atoms with Gasteiger partial charge in [-0.3, -0.25) is 4.79 Å². The minimum Gasteiger partial charge on any atom is -0.361 e. The molecule has 0 aliphatic carbocycles. The lowest BCUT2D eigenvalue weighted by Gasteiger charge is -2.37. The molecule has 1 aliphatic heterocycles. The molecule has 0 spiro atoms. The molecule has 0 radical (unpaired) electrons. The molecule has 3 heterocycles. The lowest BCUT2D eigenvalue weighted by molar-refractivity contribution is -0.132. The number of fused-ring (bicyclic) bond motifs is 1. The predicted octanol–water partition coefficient (Wildman–Crippen LogP) is 3.62. The molecule has 1 amide bonds. The molecule has 5 heteroatoms. The van der Waals surface area contributed by atoms with Crippen LogP contribution in [0.2, 0.25) is 0 Å². The highest BCUT2D eigenvalue weighted by Gasteiger charge is 2.25. The number of pyridine rings is 1. The van der Waals surface area contributed by atoms with Gasteiger partial charge in [-0.15, -0.1) is 0 Å². The molecule has 0 saturated carbocycles. The number of hydrogen-bond donors (Lipinski definition) is 1. The standard InChI is InChI=1S/C22H26N4O/c1-25(21-8-4-5-13-23-21)18-11-14-26(15-12-18)22(27)10-9-17-16-24-20-7-3-2-6-19(17)20/h2-8,13,16,18,24H,9-12,14-15H2,1H3. The highest BCUT2D eigenvalue weighted by Crippen LogP contribution is 2.22. The number of aromatic amines is 1. The van der Waals surface area contributed by atoms with E-state index >= 15 is 0 Å². The third-order valence-corrected chi connectivity index (χ3v) is 5.66. The first-order valence-electron chi connectivity index (χ1n) is 9.69. The molecular weight excluding hydrogens is 336 g/mol. The van der Waals surface area contributed by atoms with E-state index in [1.807, 2.05) is 47.6 Å². The zero-order valence-electron chi connectivity index (χ0n) is 15.8. The minimum absolute atomic E-state index is 0.263. The topological polar surface area (TPSA) is 52.2 Å². The molecule has 140 valence electrons. The van der Waals surface area contributed by atoms with Gasteiger partial charge < -0.3 is 14.8 Å². The van der Waals surface area contributed by atoms with Gasteiger partial charge in [0, 0.05) is 55.9 Å². The molecule has 4 rings (SSSR count). The Morgan fingerprint density at radius 2 is 1.96 bits per heavy atom. The fourth-order valence-corrected chi connectivity index (χ4v) is 3.99. The van der Waals surface area contributed by atoms with Crippen molar-refractivity contribution in [3.63, 3.8) is 0 Å². The molecule has 1 saturated heterocycles. The smallest absolute Gasteiger partial charge is 0.222 e. The SMILES string of the molecule is CN(c1ccccn1)C1CCN(C(=O)CCc2c[nH]c3ccccc23)CC1. The van der Waals surface area contributed by atoms with Gasteiger partial charge in [0.05, 0.1) is 0 Å². The summed E-state index contributed by atoms with van der Waals surface area (Å²) in [6.07, 6.45) is 7.21. The van der Waals surface area contributed by atoms with Crippen molar-refractivity contribution in [1.82, 2.24) is 14.9 Å². The number of aromatic nitrogens is 2. The van der Waals surface area contributed by atoms with Crippen molar-refractivity contribution in [2.24, 2.45) is 0 Å². The first kappa shape index (κ1) is 17.6. The normalized spacial score (nSPS) is 15.2. The van der Waals surface area contributed by atoms with Crippen molar-refractivity contribution in [2.75, 3.05) is 25.0 Å². The van der Waals surface area contributed by atoms with Crippen molar-refractivity contribution in [3.8, 4) is 0 Å². The molecular formula is C22H26N4O. The van der Waals surface area contributed by atoms with E-state index in [0.717, 1.165) is 43.7 Å². The zero-order chi connectivity index (χ0) is 18.6. The molecule has 1 aliphatic rings. The number of nitrogens with zero attached hydrogens (tertiary/aromatic N) is 3. The average molecular weight is 362 g/mol. The van der Waals surface area contributed by atoms with Crippen LogP contribution in [0, 0.1) is 0 Å². The summed E-state index contributed by atoms with van der Waals surface area (Å²) < 4.78 is 0. The van der Waals surface area contributed by atoms with Crippen LogP contribution in [0.1, 0.15) is 24.8 Å². The minimum atomic E-state index is 0.263. The van der Waals surface area contributed by atoms with Gasteiger partial charge in [0.2, 0.25) is 5.91 Å². The Morgan fingerprint density at radius 1 is 1.19 bits per heavy atom. The van der Waals surface area contributed by atoms with E-state index in [9.17, 15) is 4.79 Å². The van der Waals surface area contributed by atoms with Gasteiger partial charge in [-0.1, -0.05) is 24.3 Å². The molecule has 0 atom stereocenters. The molecule has 1 fully saturated rings. The van der Waals surface area contributed by atoms with E-state index in [1.54, 1.807) is 0 Å². The number of likely N-dealkylation sites (tertiary alicyclic amines) is 1. The zero-order valence-corrected chi connectivity index (χ0v) is 15.8. The van der Waals surface area contributed by atoms with E-state index < -0.39 is 0 Å². The monoisotopic (exact) mass is 362 g/mol. The third kappa shape index (κ3) is 3.82. The number of amides is 1. The number of para-hydroxylation sites is 1. The van der Waals surface area contributed by atoms with Crippen molar-refractivity contribution in [1.29, 1.82) is 0 Å². The first-order chi connectivity index (χ1) is 13.2. The number of hydrogen-bond acceptors (Lipinski definition) is 3. The van der Waals surface area contributed by atoms with Crippen molar-refractivity contribution >= 4 is 22.6 Å². The summed E-state index contributed by atoms with van der Waals surface area (Å²) in [7, 11) is 2.10.